The van der Waals surface area contributed by atoms with E-state index < -0.39 is 40.7 Å². The zero-order valence-corrected chi connectivity index (χ0v) is 28.4. The Bertz CT molecular complexity index is 1850. The number of rotatable bonds is 14. The van der Waals surface area contributed by atoms with E-state index in [1.807, 2.05) is 36.4 Å². The fourth-order valence-corrected chi connectivity index (χ4v) is 8.37. The van der Waals surface area contributed by atoms with Crippen molar-refractivity contribution in [2.24, 2.45) is 5.92 Å². The number of ether oxygens (including phenoxy) is 3. The molecule has 0 bridgehead atoms. The Labute approximate surface area is 287 Å². The van der Waals surface area contributed by atoms with Crippen molar-refractivity contribution in [1.29, 1.82) is 0 Å². The van der Waals surface area contributed by atoms with Crippen LogP contribution in [-0.2, 0) is 35.4 Å². The molecule has 260 valence electrons. The number of nitrogens with zero attached hydrogens (tertiary/aromatic N) is 3. The summed E-state index contributed by atoms with van der Waals surface area (Å²) in [4.78, 5) is 33.3. The number of aliphatic hydroxyl groups is 1. The second kappa shape index (κ2) is 15.6. The highest BCUT2D eigenvalue weighted by Crippen LogP contribution is 2.33. The van der Waals surface area contributed by atoms with Crippen molar-refractivity contribution in [2.75, 3.05) is 43.5 Å². The molecular formula is C33H38N6O8S2. The Kier molecular flexibility index (Phi) is 11.0. The number of nitrogens with one attached hydrogen (secondary N) is 3. The molecule has 2 saturated heterocycles. The minimum absolute atomic E-state index is 0.00962. The molecule has 0 spiro atoms. The average Bonchev–Trinajstić information content (AvgIpc) is 3.81. The summed E-state index contributed by atoms with van der Waals surface area (Å²) in [5.74, 6) is 0.207. The van der Waals surface area contributed by atoms with E-state index in [2.05, 4.69) is 25.9 Å². The normalized spacial score (nSPS) is 20.1. The van der Waals surface area contributed by atoms with Crippen LogP contribution in [0.1, 0.15) is 18.9 Å². The quantitative estimate of drug-likeness (QED) is 0.151. The lowest BCUT2D eigenvalue weighted by atomic mass is 10.0. The molecule has 5 atom stereocenters. The van der Waals surface area contributed by atoms with E-state index in [9.17, 15) is 23.1 Å². The summed E-state index contributed by atoms with van der Waals surface area (Å²) in [6.07, 6.45) is -0.424. The van der Waals surface area contributed by atoms with E-state index in [0.29, 0.717) is 34.2 Å². The Hall–Kier alpha value is -4.19. The molecule has 2 aromatic heterocycles. The highest BCUT2D eigenvalue weighted by Gasteiger charge is 2.44. The van der Waals surface area contributed by atoms with E-state index >= 15 is 0 Å². The van der Waals surface area contributed by atoms with Crippen LogP contribution in [0.5, 0.6) is 0 Å². The predicted molar refractivity (Wildman–Crippen MR) is 183 cm³/mol. The van der Waals surface area contributed by atoms with Crippen LogP contribution in [0.2, 0.25) is 0 Å². The largest absolute Gasteiger partial charge is 0.443 e. The second-order valence-electron chi connectivity index (χ2n) is 11.8. The van der Waals surface area contributed by atoms with Gasteiger partial charge in [0.15, 0.2) is 11.4 Å². The molecule has 2 aliphatic heterocycles. The molecule has 4 N–H and O–H groups in total. The molecule has 0 saturated carbocycles. The molecule has 49 heavy (non-hydrogen) atoms. The third kappa shape index (κ3) is 8.70. The summed E-state index contributed by atoms with van der Waals surface area (Å²) in [5, 5.41) is 20.6. The first-order valence-electron chi connectivity index (χ1n) is 15.9. The monoisotopic (exact) mass is 710 g/mol. The highest BCUT2D eigenvalue weighted by molar-refractivity contribution is 7.89. The van der Waals surface area contributed by atoms with Gasteiger partial charge in [0.2, 0.25) is 15.9 Å². The first kappa shape index (κ1) is 34.7. The number of anilines is 2. The lowest BCUT2D eigenvalue weighted by molar-refractivity contribution is -0.114. The number of carbonyl (C=O) groups is 2. The van der Waals surface area contributed by atoms with Gasteiger partial charge in [-0.3, -0.25) is 4.79 Å². The van der Waals surface area contributed by atoms with Gasteiger partial charge < -0.3 is 35.3 Å². The van der Waals surface area contributed by atoms with E-state index in [1.165, 1.54) is 23.4 Å². The molecule has 2 aliphatic rings. The molecule has 2 amide bonds. The highest BCUT2D eigenvalue weighted by atomic mass is 32.2. The van der Waals surface area contributed by atoms with Crippen molar-refractivity contribution < 1.29 is 37.3 Å². The number of amides is 2. The number of hydrogen-bond donors (Lipinski definition) is 4. The van der Waals surface area contributed by atoms with Gasteiger partial charge in [0.05, 0.1) is 46.4 Å². The Morgan fingerprint density at radius 3 is 2.71 bits per heavy atom. The van der Waals surface area contributed by atoms with Gasteiger partial charge in [0.25, 0.3) is 0 Å². The van der Waals surface area contributed by atoms with Crippen molar-refractivity contribution in [1.82, 2.24) is 19.6 Å². The SMILES string of the molecule is CC(=O)Nc1nc2ccc(S(=O)(=O)N(CCNc3ccccn3)CC(O)C(Cc3ccccc3)NC(=O)OC3COC4OCCC34)cc2s1. The summed E-state index contributed by atoms with van der Waals surface area (Å²) in [5.41, 5.74) is 1.36. The van der Waals surface area contributed by atoms with Crippen LogP contribution in [-0.4, -0.2) is 97.2 Å². The number of hydrogen-bond acceptors (Lipinski definition) is 12. The molecule has 2 aromatic carbocycles. The van der Waals surface area contributed by atoms with Crippen molar-refractivity contribution in [3.8, 4) is 0 Å². The number of carbonyl (C=O) groups excluding carboxylic acids is 2. The maximum absolute atomic E-state index is 14.2. The number of thiazole rings is 1. The Morgan fingerprint density at radius 2 is 1.94 bits per heavy atom. The molecule has 0 radical (unpaired) electrons. The van der Waals surface area contributed by atoms with Gasteiger partial charge in [-0.05, 0) is 48.7 Å². The topological polar surface area (TPSA) is 181 Å². The van der Waals surface area contributed by atoms with Gasteiger partial charge in [0.1, 0.15) is 11.9 Å². The van der Waals surface area contributed by atoms with Crippen LogP contribution in [0.3, 0.4) is 0 Å². The average molecular weight is 711 g/mol. The van der Waals surface area contributed by atoms with Crippen LogP contribution in [0, 0.1) is 5.92 Å². The lowest BCUT2D eigenvalue weighted by Gasteiger charge is -2.30. The molecule has 2 fully saturated rings. The molecule has 16 heteroatoms. The summed E-state index contributed by atoms with van der Waals surface area (Å²) in [6, 6.07) is 18.2. The van der Waals surface area contributed by atoms with E-state index in [-0.39, 0.29) is 49.4 Å². The minimum atomic E-state index is -4.19. The molecular weight excluding hydrogens is 673 g/mol. The standard InChI is InChI=1S/C33H38N6O8S2/c1-21(40)36-32-37-25-11-10-23(18-29(25)48-32)49(43,44)39(15-14-35-30-9-5-6-13-34-30)19-27(41)26(17-22-7-3-2-4-8-22)38-33(42)47-28-20-46-31-24(28)12-16-45-31/h2-11,13,18,24,26-28,31,41H,12,14-17,19-20H2,1H3,(H,34,35)(H,38,42)(H,36,37,40). The van der Waals surface area contributed by atoms with Gasteiger partial charge in [0, 0.05) is 32.8 Å². The van der Waals surface area contributed by atoms with Crippen LogP contribution in [0.15, 0.2) is 77.8 Å². The summed E-state index contributed by atoms with van der Waals surface area (Å²) in [7, 11) is -4.19. The molecule has 0 aliphatic carbocycles. The smallest absolute Gasteiger partial charge is 0.407 e. The third-order valence-electron chi connectivity index (χ3n) is 8.31. The number of alkyl carbamates (subject to hydrolysis) is 1. The Morgan fingerprint density at radius 1 is 1.12 bits per heavy atom. The molecule has 4 aromatic rings. The van der Waals surface area contributed by atoms with E-state index in [4.69, 9.17) is 14.2 Å². The summed E-state index contributed by atoms with van der Waals surface area (Å²) < 4.78 is 47.1. The predicted octanol–water partition coefficient (Wildman–Crippen LogP) is 3.21. The number of fused-ring (bicyclic) bond motifs is 2. The molecule has 4 heterocycles. The number of benzene rings is 2. The zero-order valence-electron chi connectivity index (χ0n) is 26.7. The van der Waals surface area contributed by atoms with Crippen LogP contribution in [0.25, 0.3) is 10.2 Å². The van der Waals surface area contributed by atoms with Crippen LogP contribution < -0.4 is 16.0 Å². The van der Waals surface area contributed by atoms with Gasteiger partial charge in [-0.25, -0.2) is 23.2 Å². The van der Waals surface area contributed by atoms with Gasteiger partial charge in [-0.15, -0.1) is 0 Å². The van der Waals surface area contributed by atoms with E-state index in [0.717, 1.165) is 16.9 Å². The number of sulfonamides is 1. The maximum Gasteiger partial charge on any atom is 0.407 e. The van der Waals surface area contributed by atoms with Crippen LogP contribution >= 0.6 is 11.3 Å². The molecule has 14 nitrogen and oxygen atoms in total. The van der Waals surface area contributed by atoms with Crippen LogP contribution in [0.4, 0.5) is 15.7 Å². The number of aliphatic hydroxyl groups excluding tert-OH is 1. The third-order valence-corrected chi connectivity index (χ3v) is 11.1. The molecule has 5 unspecified atom stereocenters. The minimum Gasteiger partial charge on any atom is -0.443 e. The number of aromatic nitrogens is 2. The fourth-order valence-electron chi connectivity index (χ4n) is 5.86. The lowest BCUT2D eigenvalue weighted by Crippen LogP contribution is -2.51. The zero-order chi connectivity index (χ0) is 34.4. The van der Waals surface area contributed by atoms with Gasteiger partial charge in [-0.1, -0.05) is 47.7 Å². The maximum atomic E-state index is 14.2. The van der Waals surface area contributed by atoms with Crippen molar-refractivity contribution in [3.63, 3.8) is 0 Å². The van der Waals surface area contributed by atoms with E-state index in [1.54, 1.807) is 24.4 Å². The summed E-state index contributed by atoms with van der Waals surface area (Å²) >= 11 is 1.15. The van der Waals surface area contributed by atoms with Gasteiger partial charge >= 0.3 is 6.09 Å². The second-order valence-corrected chi connectivity index (χ2v) is 14.8. The van der Waals surface area contributed by atoms with Gasteiger partial charge in [-0.2, -0.15) is 4.31 Å². The van der Waals surface area contributed by atoms with Crippen molar-refractivity contribution in [2.45, 2.75) is 49.2 Å². The fraction of sp³-hybridized carbons (Fsp3) is 0.394. The van der Waals surface area contributed by atoms with Crippen molar-refractivity contribution in [3.05, 3.63) is 78.5 Å². The first-order valence-corrected chi connectivity index (χ1v) is 18.2. The first-order chi connectivity index (χ1) is 23.7. The number of pyridine rings is 1. The molecule has 6 rings (SSSR count). The summed E-state index contributed by atoms with van der Waals surface area (Å²) in [6.45, 7) is 1.92. The van der Waals surface area contributed by atoms with Crippen molar-refractivity contribution >= 4 is 54.5 Å². The Balaban J connectivity index is 1.23.